The molecular formula is C12H17NO3S2. The number of hydrogen-bond donors (Lipinski definition) is 1. The number of sulfone groups is 1. The highest BCUT2D eigenvalue weighted by Gasteiger charge is 2.33. The van der Waals surface area contributed by atoms with E-state index in [4.69, 9.17) is 5.73 Å². The molecule has 2 N–H and O–H groups in total. The van der Waals surface area contributed by atoms with Crippen molar-refractivity contribution < 1.29 is 12.6 Å². The van der Waals surface area contributed by atoms with Gasteiger partial charge in [-0.15, -0.1) is 0 Å². The molecule has 0 radical (unpaired) electrons. The van der Waals surface area contributed by atoms with Crippen LogP contribution in [0.1, 0.15) is 17.2 Å². The Kier molecular flexibility index (Phi) is 3.89. The molecule has 0 aromatic heterocycles. The zero-order valence-electron chi connectivity index (χ0n) is 10.2. The van der Waals surface area contributed by atoms with Gasteiger partial charge < -0.3 is 5.73 Å². The van der Waals surface area contributed by atoms with Crippen LogP contribution >= 0.6 is 0 Å². The maximum absolute atomic E-state index is 12.1. The van der Waals surface area contributed by atoms with E-state index >= 15 is 0 Å². The Labute approximate surface area is 110 Å². The van der Waals surface area contributed by atoms with Gasteiger partial charge in [0, 0.05) is 28.9 Å². The molecule has 0 heterocycles. The summed E-state index contributed by atoms with van der Waals surface area (Å²) >= 11 is 0. The quantitative estimate of drug-likeness (QED) is 0.870. The van der Waals surface area contributed by atoms with Crippen LogP contribution < -0.4 is 5.73 Å². The molecule has 0 spiro atoms. The lowest BCUT2D eigenvalue weighted by Gasteiger charge is -2.15. The van der Waals surface area contributed by atoms with Crippen molar-refractivity contribution in [3.05, 3.63) is 35.4 Å². The number of hydrogen-bond acceptors (Lipinski definition) is 4. The van der Waals surface area contributed by atoms with Crippen LogP contribution in [0.2, 0.25) is 0 Å². The van der Waals surface area contributed by atoms with Gasteiger partial charge in [0.15, 0.2) is 0 Å². The van der Waals surface area contributed by atoms with E-state index in [1.165, 1.54) is 0 Å². The first kappa shape index (κ1) is 13.7. The summed E-state index contributed by atoms with van der Waals surface area (Å²) in [6, 6.07) is 7.55. The summed E-state index contributed by atoms with van der Waals surface area (Å²) in [4.78, 5) is 0. The molecule has 0 amide bonds. The lowest BCUT2D eigenvalue weighted by atomic mass is 10.1. The van der Waals surface area contributed by atoms with Crippen molar-refractivity contribution in [3.8, 4) is 0 Å². The molecule has 0 fully saturated rings. The minimum Gasteiger partial charge on any atom is -0.323 e. The molecule has 3 unspecified atom stereocenters. The molecule has 1 aliphatic carbocycles. The van der Waals surface area contributed by atoms with Gasteiger partial charge in [0.25, 0.3) is 0 Å². The molecule has 18 heavy (non-hydrogen) atoms. The van der Waals surface area contributed by atoms with E-state index in [2.05, 4.69) is 0 Å². The van der Waals surface area contributed by atoms with Gasteiger partial charge in [-0.2, -0.15) is 0 Å². The molecule has 1 aliphatic rings. The monoisotopic (exact) mass is 287 g/mol. The van der Waals surface area contributed by atoms with E-state index in [-0.39, 0.29) is 22.8 Å². The van der Waals surface area contributed by atoms with Crippen LogP contribution in [0.15, 0.2) is 24.3 Å². The SMILES string of the molecule is CS(=O)(=O)CCS(=O)C1Cc2ccccc2C1N. The molecule has 0 saturated carbocycles. The summed E-state index contributed by atoms with van der Waals surface area (Å²) in [7, 11) is -4.27. The molecule has 4 nitrogen and oxygen atoms in total. The van der Waals surface area contributed by atoms with Gasteiger partial charge in [-0.05, 0) is 17.5 Å². The van der Waals surface area contributed by atoms with Crippen molar-refractivity contribution in [3.63, 3.8) is 0 Å². The maximum Gasteiger partial charge on any atom is 0.148 e. The lowest BCUT2D eigenvalue weighted by Crippen LogP contribution is -2.29. The third-order valence-corrected chi connectivity index (χ3v) is 6.17. The van der Waals surface area contributed by atoms with Crippen LogP contribution in [-0.2, 0) is 27.1 Å². The number of benzene rings is 1. The fourth-order valence-corrected chi connectivity index (χ4v) is 5.24. The fraction of sp³-hybridized carbons (Fsp3) is 0.500. The smallest absolute Gasteiger partial charge is 0.148 e. The molecular weight excluding hydrogens is 270 g/mol. The van der Waals surface area contributed by atoms with Crippen molar-refractivity contribution in [1.29, 1.82) is 0 Å². The van der Waals surface area contributed by atoms with E-state index in [0.29, 0.717) is 6.42 Å². The van der Waals surface area contributed by atoms with Gasteiger partial charge in [-0.3, -0.25) is 4.21 Å². The van der Waals surface area contributed by atoms with Gasteiger partial charge in [-0.25, -0.2) is 8.42 Å². The Bertz CT molecular complexity index is 568. The van der Waals surface area contributed by atoms with Crippen LogP contribution in [-0.4, -0.2) is 35.6 Å². The van der Waals surface area contributed by atoms with E-state index in [0.717, 1.165) is 17.4 Å². The summed E-state index contributed by atoms with van der Waals surface area (Å²) in [5, 5.41) is -0.163. The average molecular weight is 287 g/mol. The molecule has 1 aromatic carbocycles. The second-order valence-corrected chi connectivity index (χ2v) is 8.72. The Morgan fingerprint density at radius 3 is 2.67 bits per heavy atom. The second-order valence-electron chi connectivity index (χ2n) is 4.68. The summed E-state index contributed by atoms with van der Waals surface area (Å²) in [5.41, 5.74) is 8.25. The summed E-state index contributed by atoms with van der Waals surface area (Å²) < 4.78 is 34.3. The summed E-state index contributed by atoms with van der Waals surface area (Å²) in [5.74, 6) is 0.129. The zero-order valence-corrected chi connectivity index (χ0v) is 11.8. The molecule has 0 saturated heterocycles. The molecule has 0 bridgehead atoms. The first-order chi connectivity index (χ1) is 8.38. The minimum atomic E-state index is -3.07. The third-order valence-electron chi connectivity index (χ3n) is 3.23. The van der Waals surface area contributed by atoms with Crippen LogP contribution in [0.4, 0.5) is 0 Å². The highest BCUT2D eigenvalue weighted by atomic mass is 32.2. The first-order valence-electron chi connectivity index (χ1n) is 5.77. The number of fused-ring (bicyclic) bond motifs is 1. The second kappa shape index (κ2) is 5.11. The predicted octanol–water partition coefficient (Wildman–Crippen LogP) is 0.404. The fourth-order valence-electron chi connectivity index (χ4n) is 2.23. The maximum atomic E-state index is 12.1. The first-order valence-corrected chi connectivity index (χ1v) is 9.21. The van der Waals surface area contributed by atoms with E-state index in [9.17, 15) is 12.6 Å². The Morgan fingerprint density at radius 1 is 1.39 bits per heavy atom. The van der Waals surface area contributed by atoms with Gasteiger partial charge in [0.1, 0.15) is 9.84 Å². The summed E-state index contributed by atoms with van der Waals surface area (Å²) in [6.07, 6.45) is 1.83. The largest absolute Gasteiger partial charge is 0.323 e. The third kappa shape index (κ3) is 2.99. The average Bonchev–Trinajstić information content (AvgIpc) is 2.64. The van der Waals surface area contributed by atoms with Gasteiger partial charge in [-0.1, -0.05) is 24.3 Å². The standard InChI is InChI=1S/C12H17NO3S2/c1-18(15,16)7-6-17(14)11-8-9-4-2-3-5-10(9)12(11)13/h2-5,11-12H,6-8,13H2,1H3. The van der Waals surface area contributed by atoms with Gasteiger partial charge in [0.05, 0.1) is 11.0 Å². The van der Waals surface area contributed by atoms with Crippen molar-refractivity contribution in [2.45, 2.75) is 17.7 Å². The van der Waals surface area contributed by atoms with E-state index in [1.807, 2.05) is 24.3 Å². The highest BCUT2D eigenvalue weighted by Crippen LogP contribution is 2.32. The number of nitrogens with two attached hydrogens (primary N) is 1. The Hall–Kier alpha value is -0.720. The van der Waals surface area contributed by atoms with Crippen molar-refractivity contribution in [2.24, 2.45) is 5.73 Å². The van der Waals surface area contributed by atoms with E-state index < -0.39 is 20.6 Å². The molecule has 0 aliphatic heterocycles. The molecule has 100 valence electrons. The van der Waals surface area contributed by atoms with Crippen LogP contribution in [0, 0.1) is 0 Å². The van der Waals surface area contributed by atoms with Gasteiger partial charge >= 0.3 is 0 Å². The van der Waals surface area contributed by atoms with Crippen molar-refractivity contribution in [2.75, 3.05) is 17.8 Å². The Morgan fingerprint density at radius 2 is 2.06 bits per heavy atom. The van der Waals surface area contributed by atoms with Crippen LogP contribution in [0.3, 0.4) is 0 Å². The van der Waals surface area contributed by atoms with Gasteiger partial charge in [0.2, 0.25) is 0 Å². The van der Waals surface area contributed by atoms with Crippen molar-refractivity contribution >= 4 is 20.6 Å². The van der Waals surface area contributed by atoms with Crippen LogP contribution in [0.5, 0.6) is 0 Å². The van der Waals surface area contributed by atoms with E-state index in [1.54, 1.807) is 0 Å². The number of rotatable bonds is 4. The van der Waals surface area contributed by atoms with Crippen molar-refractivity contribution in [1.82, 2.24) is 0 Å². The highest BCUT2D eigenvalue weighted by molar-refractivity contribution is 7.92. The Balaban J connectivity index is 2.07. The summed E-state index contributed by atoms with van der Waals surface area (Å²) in [6.45, 7) is 0. The van der Waals surface area contributed by atoms with Crippen LogP contribution in [0.25, 0.3) is 0 Å². The minimum absolute atomic E-state index is 0.0425. The zero-order chi connectivity index (χ0) is 13.3. The topological polar surface area (TPSA) is 77.2 Å². The normalized spacial score (nSPS) is 24.8. The lowest BCUT2D eigenvalue weighted by molar-refractivity contribution is 0.602. The molecule has 6 heteroatoms. The molecule has 2 rings (SSSR count). The molecule has 1 aromatic rings. The molecule has 3 atom stereocenters. The predicted molar refractivity (Wildman–Crippen MR) is 73.6 cm³/mol.